The van der Waals surface area contributed by atoms with Crippen LogP contribution in [0.1, 0.15) is 0 Å². The second-order valence-corrected chi connectivity index (χ2v) is 5.62. The van der Waals surface area contributed by atoms with Crippen LogP contribution in [0.2, 0.25) is 0 Å². The van der Waals surface area contributed by atoms with Crippen LogP contribution in [-0.2, 0) is 9.47 Å². The molecule has 0 aromatic carbocycles. The summed E-state index contributed by atoms with van der Waals surface area (Å²) in [4.78, 5) is 0. The monoisotopic (exact) mass is 380 g/mol. The summed E-state index contributed by atoms with van der Waals surface area (Å²) >= 11 is 14.7. The molecule has 0 rings (SSSR count). The first-order valence-electron chi connectivity index (χ1n) is 4.06. The van der Waals surface area contributed by atoms with Crippen LogP contribution in [0.3, 0.4) is 0 Å². The molecule has 0 spiro atoms. The molecular formula is C6H3Cl3F8O3. The molecule has 1 unspecified atom stereocenters. The molecule has 0 bridgehead atoms. The summed E-state index contributed by atoms with van der Waals surface area (Å²) in [5, 5.41) is 8.68. The highest BCUT2D eigenvalue weighted by molar-refractivity contribution is 6.67. The lowest BCUT2D eigenvalue weighted by Crippen LogP contribution is -2.57. The minimum atomic E-state index is -6.55. The van der Waals surface area contributed by atoms with Crippen molar-refractivity contribution in [2.24, 2.45) is 0 Å². The lowest BCUT2D eigenvalue weighted by Gasteiger charge is -2.33. The summed E-state index contributed by atoms with van der Waals surface area (Å²) in [5.74, 6) is -5.34. The number of rotatable bonds is 4. The van der Waals surface area contributed by atoms with Gasteiger partial charge in [-0.1, -0.05) is 34.8 Å². The Morgan fingerprint density at radius 1 is 0.800 bits per heavy atom. The lowest BCUT2D eigenvalue weighted by molar-refractivity contribution is -0.547. The SMILES string of the molecule is OC(OCC(Cl)(Cl)Cl)(OC(F)(F)C(F)(F)F)C(F)(F)F. The first-order chi connectivity index (χ1) is 8.41. The molecule has 14 heteroatoms. The predicted octanol–water partition coefficient (Wildman–Crippen LogP) is 3.75. The standard InChI is InChI=1S/C6H3Cl3F8O3/c7-2(8,9)1-19-6(18,4(13,14)15)20-5(16,17)3(10,11)12/h18H,1H2. The average molecular weight is 381 g/mol. The van der Waals surface area contributed by atoms with Gasteiger partial charge in [0.15, 0.2) is 0 Å². The fourth-order valence-electron chi connectivity index (χ4n) is 0.580. The number of aliphatic hydroxyl groups is 1. The topological polar surface area (TPSA) is 38.7 Å². The fourth-order valence-corrected chi connectivity index (χ4v) is 0.744. The summed E-state index contributed by atoms with van der Waals surface area (Å²) < 4.78 is 99.8. The number of ether oxygens (including phenoxy) is 2. The highest BCUT2D eigenvalue weighted by Crippen LogP contribution is 2.44. The largest absolute Gasteiger partial charge is 0.483 e. The molecule has 0 fully saturated rings. The van der Waals surface area contributed by atoms with E-state index in [0.29, 0.717) is 0 Å². The molecule has 0 amide bonds. The van der Waals surface area contributed by atoms with Crippen LogP contribution in [-0.4, -0.2) is 39.9 Å². The fraction of sp³-hybridized carbons (Fsp3) is 1.00. The van der Waals surface area contributed by atoms with Crippen LogP contribution in [0.15, 0.2) is 0 Å². The Hall–Kier alpha value is 0.190. The number of alkyl halides is 11. The van der Waals surface area contributed by atoms with Gasteiger partial charge in [-0.05, 0) is 0 Å². The second kappa shape index (κ2) is 5.76. The van der Waals surface area contributed by atoms with Crippen molar-refractivity contribution < 1.29 is 49.7 Å². The van der Waals surface area contributed by atoms with Crippen molar-refractivity contribution in [3.05, 3.63) is 0 Å². The van der Waals surface area contributed by atoms with Gasteiger partial charge in [0, 0.05) is 0 Å². The van der Waals surface area contributed by atoms with Gasteiger partial charge in [-0.2, -0.15) is 35.1 Å². The summed E-state index contributed by atoms with van der Waals surface area (Å²) in [6.45, 7) is -1.69. The molecule has 122 valence electrons. The quantitative estimate of drug-likeness (QED) is 0.458. The van der Waals surface area contributed by atoms with E-state index in [1.807, 2.05) is 0 Å². The van der Waals surface area contributed by atoms with Crippen LogP contribution in [0.4, 0.5) is 35.1 Å². The lowest BCUT2D eigenvalue weighted by atomic mass is 10.5. The van der Waals surface area contributed by atoms with E-state index in [1.165, 1.54) is 0 Å². The number of halogens is 11. The second-order valence-electron chi connectivity index (χ2n) is 3.10. The van der Waals surface area contributed by atoms with Gasteiger partial charge in [-0.3, -0.25) is 0 Å². The van der Waals surface area contributed by atoms with Gasteiger partial charge in [0.1, 0.15) is 0 Å². The van der Waals surface area contributed by atoms with Gasteiger partial charge < -0.3 is 9.84 Å². The van der Waals surface area contributed by atoms with Crippen molar-refractivity contribution in [3.8, 4) is 0 Å². The zero-order valence-corrected chi connectivity index (χ0v) is 10.9. The van der Waals surface area contributed by atoms with E-state index in [2.05, 4.69) is 9.47 Å². The third kappa shape index (κ3) is 5.53. The normalized spacial score (nSPS) is 18.0. The van der Waals surface area contributed by atoms with Crippen LogP contribution in [0.25, 0.3) is 0 Å². The average Bonchev–Trinajstić information content (AvgIpc) is 2.09. The molecule has 0 heterocycles. The van der Waals surface area contributed by atoms with E-state index < -0.39 is 34.8 Å². The van der Waals surface area contributed by atoms with E-state index in [1.54, 1.807) is 0 Å². The van der Waals surface area contributed by atoms with Crippen molar-refractivity contribution >= 4 is 34.8 Å². The first-order valence-corrected chi connectivity index (χ1v) is 5.19. The van der Waals surface area contributed by atoms with Crippen LogP contribution < -0.4 is 0 Å². The summed E-state index contributed by atoms with van der Waals surface area (Å²) in [5.41, 5.74) is 0. The maximum Gasteiger partial charge on any atom is 0.483 e. The molecule has 20 heavy (non-hydrogen) atoms. The third-order valence-electron chi connectivity index (χ3n) is 1.39. The van der Waals surface area contributed by atoms with E-state index >= 15 is 0 Å². The molecular weight excluding hydrogens is 378 g/mol. The van der Waals surface area contributed by atoms with Gasteiger partial charge in [0.05, 0.1) is 6.61 Å². The molecule has 0 aliphatic carbocycles. The minimum Gasteiger partial charge on any atom is -0.336 e. The molecule has 0 aliphatic rings. The molecule has 1 N–H and O–H groups in total. The third-order valence-corrected chi connectivity index (χ3v) is 1.71. The molecule has 0 aromatic heterocycles. The number of hydrogen-bond acceptors (Lipinski definition) is 3. The molecule has 0 aromatic rings. The van der Waals surface area contributed by atoms with E-state index in [0.717, 1.165) is 0 Å². The van der Waals surface area contributed by atoms with Crippen LogP contribution >= 0.6 is 34.8 Å². The van der Waals surface area contributed by atoms with E-state index in [-0.39, 0.29) is 0 Å². The van der Waals surface area contributed by atoms with Crippen molar-refractivity contribution in [2.75, 3.05) is 6.61 Å². The molecule has 0 saturated heterocycles. The highest BCUT2D eigenvalue weighted by Gasteiger charge is 2.70. The van der Waals surface area contributed by atoms with Gasteiger partial charge >= 0.3 is 24.4 Å². The van der Waals surface area contributed by atoms with Gasteiger partial charge in [-0.25, -0.2) is 4.74 Å². The predicted molar refractivity (Wildman–Crippen MR) is 49.3 cm³/mol. The smallest absolute Gasteiger partial charge is 0.336 e. The molecule has 0 saturated carbocycles. The Kier molecular flexibility index (Phi) is 5.82. The zero-order valence-electron chi connectivity index (χ0n) is 8.63. The maximum atomic E-state index is 12.4. The molecule has 1 atom stereocenters. The van der Waals surface area contributed by atoms with Gasteiger partial charge in [0.2, 0.25) is 3.79 Å². The Bertz CT molecular complexity index is 338. The Morgan fingerprint density at radius 3 is 1.45 bits per heavy atom. The van der Waals surface area contributed by atoms with Crippen molar-refractivity contribution in [3.63, 3.8) is 0 Å². The highest BCUT2D eigenvalue weighted by atomic mass is 35.6. The van der Waals surface area contributed by atoms with Crippen molar-refractivity contribution in [2.45, 2.75) is 28.2 Å². The Balaban J connectivity index is 5.29. The van der Waals surface area contributed by atoms with Crippen LogP contribution in [0.5, 0.6) is 0 Å². The first kappa shape index (κ1) is 20.2. The van der Waals surface area contributed by atoms with E-state index in [9.17, 15) is 35.1 Å². The number of hydrogen-bond donors (Lipinski definition) is 1. The summed E-state index contributed by atoms with van der Waals surface area (Å²) in [6.07, 6.45) is -19.1. The summed E-state index contributed by atoms with van der Waals surface area (Å²) in [6, 6.07) is 0. The molecule has 0 radical (unpaired) electrons. The zero-order chi connectivity index (χ0) is 16.6. The Labute approximate surface area is 120 Å². The van der Waals surface area contributed by atoms with Gasteiger partial charge in [-0.15, -0.1) is 0 Å². The van der Waals surface area contributed by atoms with Crippen molar-refractivity contribution in [1.82, 2.24) is 0 Å². The maximum absolute atomic E-state index is 12.4. The van der Waals surface area contributed by atoms with E-state index in [4.69, 9.17) is 39.9 Å². The van der Waals surface area contributed by atoms with Gasteiger partial charge in [0.25, 0.3) is 0 Å². The summed E-state index contributed by atoms with van der Waals surface area (Å²) in [7, 11) is 0. The minimum absolute atomic E-state index is 1.69. The molecule has 3 nitrogen and oxygen atoms in total. The van der Waals surface area contributed by atoms with Crippen molar-refractivity contribution in [1.29, 1.82) is 0 Å². The van der Waals surface area contributed by atoms with Crippen LogP contribution in [0, 0.1) is 0 Å². The molecule has 0 aliphatic heterocycles. The Morgan fingerprint density at radius 2 is 1.20 bits per heavy atom.